The highest BCUT2D eigenvalue weighted by Crippen LogP contribution is 1.91. The lowest BCUT2D eigenvalue weighted by molar-refractivity contribution is 1.30. The van der Waals surface area contributed by atoms with E-state index >= 15 is 0 Å². The average molecular weight is 132 g/mol. The van der Waals surface area contributed by atoms with Gasteiger partial charge in [-0.25, -0.2) is 4.99 Å². The van der Waals surface area contributed by atoms with Crippen LogP contribution in [-0.4, -0.2) is 5.17 Å². The summed E-state index contributed by atoms with van der Waals surface area (Å²) in [5.41, 5.74) is 0. The Balaban J connectivity index is 3.57. The van der Waals surface area contributed by atoms with E-state index in [1.165, 1.54) is 0 Å². The Hall–Kier alpha value is -0.300. The summed E-state index contributed by atoms with van der Waals surface area (Å²) >= 11 is 5.54. The summed E-state index contributed by atoms with van der Waals surface area (Å²) in [6.07, 6.45) is 4.34. The number of aliphatic imine (C=N–C) groups is 1. The number of nitrogens with zero attached hydrogens (tertiary/aromatic N) is 1. The van der Waals surface area contributed by atoms with Crippen LogP contribution in [0.15, 0.2) is 17.3 Å². The van der Waals surface area contributed by atoms with Crippen molar-refractivity contribution in [3.05, 3.63) is 12.3 Å². The first-order valence-corrected chi connectivity index (χ1v) is 3.02. The van der Waals surface area contributed by atoms with Gasteiger partial charge in [-0.3, -0.25) is 0 Å². The van der Waals surface area contributed by atoms with Crippen molar-refractivity contribution in [3.8, 4) is 0 Å². The van der Waals surface area contributed by atoms with Gasteiger partial charge in [0.2, 0.25) is 0 Å². The maximum atomic E-state index is 5.54. The molecule has 1 nitrogen and oxygen atoms in total. The molecule has 0 saturated heterocycles. The second-order valence-corrected chi connectivity index (χ2v) is 1.78. The van der Waals surface area contributed by atoms with Gasteiger partial charge in [-0.1, -0.05) is 24.6 Å². The molecule has 46 valence electrons. The van der Waals surface area contributed by atoms with Crippen LogP contribution in [-0.2, 0) is 0 Å². The van der Waals surface area contributed by atoms with Gasteiger partial charge in [0.05, 0.1) is 0 Å². The molecule has 0 atom stereocenters. The zero-order chi connectivity index (χ0) is 6.41. The Labute approximate surface area is 55.1 Å². The number of rotatable bonds is 2. The lowest BCUT2D eigenvalue weighted by Gasteiger charge is -1.83. The SMILES string of the molecule is C/C=C\N=C(Cl)CC. The van der Waals surface area contributed by atoms with Crippen LogP contribution >= 0.6 is 11.6 Å². The topological polar surface area (TPSA) is 12.4 Å². The second-order valence-electron chi connectivity index (χ2n) is 1.34. The van der Waals surface area contributed by atoms with E-state index < -0.39 is 0 Å². The van der Waals surface area contributed by atoms with Crippen LogP contribution in [0, 0.1) is 0 Å². The van der Waals surface area contributed by atoms with Crippen LogP contribution < -0.4 is 0 Å². The predicted molar refractivity (Wildman–Crippen MR) is 38.4 cm³/mol. The molecule has 0 bridgehead atoms. The van der Waals surface area contributed by atoms with Crippen molar-refractivity contribution < 1.29 is 0 Å². The van der Waals surface area contributed by atoms with E-state index in [2.05, 4.69) is 4.99 Å². The van der Waals surface area contributed by atoms with Gasteiger partial charge in [0.1, 0.15) is 5.17 Å². The molecule has 0 radical (unpaired) electrons. The first kappa shape index (κ1) is 7.70. The summed E-state index contributed by atoms with van der Waals surface area (Å²) in [6.45, 7) is 3.87. The normalized spacial score (nSPS) is 13.1. The molecular weight excluding hydrogens is 122 g/mol. The molecule has 0 rings (SSSR count). The lowest BCUT2D eigenvalue weighted by atomic mass is 10.5. The standard InChI is InChI=1S/C6H10ClN/c1-3-5-8-6(7)4-2/h3,5H,4H2,1-2H3/b5-3-,8-6?. The molecule has 0 fully saturated rings. The van der Waals surface area contributed by atoms with Crippen molar-refractivity contribution in [2.45, 2.75) is 20.3 Å². The smallest absolute Gasteiger partial charge is 0.105 e. The van der Waals surface area contributed by atoms with Gasteiger partial charge >= 0.3 is 0 Å². The van der Waals surface area contributed by atoms with Crippen LogP contribution in [0.5, 0.6) is 0 Å². The van der Waals surface area contributed by atoms with Crippen LogP contribution in [0.4, 0.5) is 0 Å². The first-order chi connectivity index (χ1) is 3.81. The van der Waals surface area contributed by atoms with Crippen LogP contribution in [0.1, 0.15) is 20.3 Å². The third kappa shape index (κ3) is 3.88. The van der Waals surface area contributed by atoms with Crippen LogP contribution in [0.2, 0.25) is 0 Å². The molecule has 0 aromatic carbocycles. The van der Waals surface area contributed by atoms with Gasteiger partial charge in [-0.2, -0.15) is 0 Å². The molecule has 0 aliphatic carbocycles. The fourth-order valence-electron chi connectivity index (χ4n) is 0.247. The molecule has 0 aliphatic heterocycles. The third-order valence-corrected chi connectivity index (χ3v) is 1.02. The summed E-state index contributed by atoms with van der Waals surface area (Å²) in [7, 11) is 0. The van der Waals surface area contributed by atoms with Crippen molar-refractivity contribution in [1.29, 1.82) is 0 Å². The van der Waals surface area contributed by atoms with E-state index in [1.54, 1.807) is 6.20 Å². The minimum Gasteiger partial charge on any atom is -0.249 e. The fraction of sp³-hybridized carbons (Fsp3) is 0.500. The molecule has 0 heterocycles. The first-order valence-electron chi connectivity index (χ1n) is 2.64. The van der Waals surface area contributed by atoms with Crippen molar-refractivity contribution in [1.82, 2.24) is 0 Å². The minimum absolute atomic E-state index is 0.656. The van der Waals surface area contributed by atoms with Crippen molar-refractivity contribution in [2.24, 2.45) is 4.99 Å². The summed E-state index contributed by atoms with van der Waals surface area (Å²) in [5.74, 6) is 0. The maximum Gasteiger partial charge on any atom is 0.105 e. The van der Waals surface area contributed by atoms with Gasteiger partial charge in [-0.05, 0) is 13.3 Å². The van der Waals surface area contributed by atoms with E-state index in [-0.39, 0.29) is 0 Å². The van der Waals surface area contributed by atoms with Gasteiger partial charge in [-0.15, -0.1) is 0 Å². The molecule has 0 aliphatic rings. The number of halogens is 1. The summed E-state index contributed by atoms with van der Waals surface area (Å²) in [4.78, 5) is 3.86. The van der Waals surface area contributed by atoms with Gasteiger partial charge in [0.25, 0.3) is 0 Å². The Bertz CT molecular complexity index is 105. The van der Waals surface area contributed by atoms with Crippen molar-refractivity contribution in [2.75, 3.05) is 0 Å². The highest BCUT2D eigenvalue weighted by molar-refractivity contribution is 6.65. The summed E-state index contributed by atoms with van der Waals surface area (Å²) < 4.78 is 0. The highest BCUT2D eigenvalue weighted by Gasteiger charge is 1.81. The van der Waals surface area contributed by atoms with E-state index in [4.69, 9.17) is 11.6 Å². The molecular formula is C6H10ClN. The summed E-state index contributed by atoms with van der Waals surface area (Å²) in [6, 6.07) is 0. The fourth-order valence-corrected chi connectivity index (χ4v) is 0.303. The van der Waals surface area contributed by atoms with E-state index in [0.29, 0.717) is 5.17 Å². The molecule has 0 aromatic rings. The summed E-state index contributed by atoms with van der Waals surface area (Å²) in [5, 5.41) is 0.656. The maximum absolute atomic E-state index is 5.54. The van der Waals surface area contributed by atoms with Crippen molar-refractivity contribution in [3.63, 3.8) is 0 Å². The van der Waals surface area contributed by atoms with Gasteiger partial charge in [0.15, 0.2) is 0 Å². The Kier molecular flexibility index (Phi) is 4.67. The third-order valence-electron chi connectivity index (χ3n) is 0.655. The second kappa shape index (κ2) is 4.85. The molecule has 0 spiro atoms. The largest absolute Gasteiger partial charge is 0.249 e. The zero-order valence-electron chi connectivity index (χ0n) is 5.19. The molecule has 0 amide bonds. The average Bonchev–Trinajstić information content (AvgIpc) is 1.83. The van der Waals surface area contributed by atoms with Gasteiger partial charge in [0, 0.05) is 6.20 Å². The lowest BCUT2D eigenvalue weighted by Crippen LogP contribution is -1.77. The van der Waals surface area contributed by atoms with E-state index in [1.807, 2.05) is 19.9 Å². The predicted octanol–water partition coefficient (Wildman–Crippen LogP) is 2.57. The Morgan fingerprint density at radius 3 is 2.75 bits per heavy atom. The minimum atomic E-state index is 0.656. The van der Waals surface area contributed by atoms with E-state index in [0.717, 1.165) is 6.42 Å². The quantitative estimate of drug-likeness (QED) is 0.511. The number of hydrogen-bond donors (Lipinski definition) is 0. The van der Waals surface area contributed by atoms with Crippen LogP contribution in [0.25, 0.3) is 0 Å². The van der Waals surface area contributed by atoms with Crippen molar-refractivity contribution >= 4 is 16.8 Å². The molecule has 8 heavy (non-hydrogen) atoms. The number of allylic oxidation sites excluding steroid dienone is 1. The molecule has 0 saturated carbocycles. The molecule has 0 unspecified atom stereocenters. The monoisotopic (exact) mass is 131 g/mol. The molecule has 0 aromatic heterocycles. The van der Waals surface area contributed by atoms with Crippen LogP contribution in [0.3, 0.4) is 0 Å². The zero-order valence-corrected chi connectivity index (χ0v) is 5.94. The Morgan fingerprint density at radius 2 is 2.38 bits per heavy atom. The molecule has 0 N–H and O–H groups in total. The number of hydrogen-bond acceptors (Lipinski definition) is 1. The molecule has 2 heteroatoms. The van der Waals surface area contributed by atoms with E-state index in [9.17, 15) is 0 Å². The Morgan fingerprint density at radius 1 is 1.75 bits per heavy atom. The van der Waals surface area contributed by atoms with Gasteiger partial charge < -0.3 is 0 Å². The highest BCUT2D eigenvalue weighted by atomic mass is 35.5.